The van der Waals surface area contributed by atoms with E-state index >= 15 is 0 Å². The lowest BCUT2D eigenvalue weighted by molar-refractivity contribution is -0.135. The molecule has 1 aromatic carbocycles. The second-order valence-corrected chi connectivity index (χ2v) is 7.52. The molecular weight excluding hydrogens is 354 g/mol. The Balaban J connectivity index is 2.27. The van der Waals surface area contributed by atoms with Crippen LogP contribution in [0.25, 0.3) is 0 Å². The van der Waals surface area contributed by atoms with Crippen LogP contribution in [-0.2, 0) is 14.4 Å². The molecule has 0 spiro atoms. The van der Waals surface area contributed by atoms with Gasteiger partial charge in [-0.3, -0.25) is 24.6 Å². The second kappa shape index (κ2) is 10.2. The molecule has 0 bridgehead atoms. The van der Waals surface area contributed by atoms with E-state index in [9.17, 15) is 14.4 Å². The third kappa shape index (κ3) is 5.33. The van der Waals surface area contributed by atoms with Gasteiger partial charge in [-0.15, -0.1) is 0 Å². The minimum absolute atomic E-state index is 0.196. The highest BCUT2D eigenvalue weighted by Gasteiger charge is 2.34. The summed E-state index contributed by atoms with van der Waals surface area (Å²) in [6.07, 6.45) is 5.24. The zero-order valence-corrected chi connectivity index (χ0v) is 17.6. The van der Waals surface area contributed by atoms with Crippen molar-refractivity contribution < 1.29 is 14.4 Å². The van der Waals surface area contributed by atoms with E-state index in [0.29, 0.717) is 6.42 Å². The molecule has 1 saturated heterocycles. The Morgan fingerprint density at radius 2 is 1.89 bits per heavy atom. The second-order valence-electron chi connectivity index (χ2n) is 7.52. The molecular formula is C22H33N3O3. The summed E-state index contributed by atoms with van der Waals surface area (Å²) in [6, 6.07) is 5.42. The van der Waals surface area contributed by atoms with Crippen LogP contribution in [0.3, 0.4) is 0 Å². The first-order chi connectivity index (χ1) is 13.4. The van der Waals surface area contributed by atoms with Crippen molar-refractivity contribution in [1.29, 1.82) is 0 Å². The fraction of sp³-hybridized carbons (Fsp3) is 0.591. The van der Waals surface area contributed by atoms with Crippen molar-refractivity contribution in [2.24, 2.45) is 0 Å². The quantitative estimate of drug-likeness (QED) is 0.520. The number of nitrogens with one attached hydrogen (secondary N) is 1. The van der Waals surface area contributed by atoms with Crippen molar-refractivity contribution in [2.45, 2.75) is 72.3 Å². The molecule has 6 heteroatoms. The highest BCUT2D eigenvalue weighted by atomic mass is 16.2. The molecule has 1 aliphatic rings. The fourth-order valence-electron chi connectivity index (χ4n) is 3.78. The van der Waals surface area contributed by atoms with Gasteiger partial charge in [-0.2, -0.15) is 0 Å². The average Bonchev–Trinajstić information content (AvgIpc) is 2.64. The number of aryl methyl sites for hydroxylation is 1. The molecule has 1 aromatic rings. The highest BCUT2D eigenvalue weighted by Crippen LogP contribution is 2.29. The van der Waals surface area contributed by atoms with E-state index in [1.807, 2.05) is 19.1 Å². The number of amides is 3. The van der Waals surface area contributed by atoms with Gasteiger partial charge in [0, 0.05) is 37.8 Å². The van der Waals surface area contributed by atoms with Crippen LogP contribution < -0.4 is 15.1 Å². The molecule has 6 nitrogen and oxygen atoms in total. The van der Waals surface area contributed by atoms with Gasteiger partial charge >= 0.3 is 0 Å². The topological polar surface area (TPSA) is 69.7 Å². The standard InChI is InChI=1S/C22H33N3O3/c1-5-7-8-14-24(13-6-2)18-9-10-19(16(3)15-18)25(17(4)26)20-11-12-21(27)23-22(20)28/h9-10,15,20H,5-8,11-14H2,1-4H3,(H,23,27,28). The number of benzene rings is 1. The van der Waals surface area contributed by atoms with Gasteiger partial charge < -0.3 is 4.90 Å². The van der Waals surface area contributed by atoms with Gasteiger partial charge in [-0.1, -0.05) is 26.7 Å². The lowest BCUT2D eigenvalue weighted by Gasteiger charge is -2.34. The molecule has 0 saturated carbocycles. The Morgan fingerprint density at radius 3 is 2.46 bits per heavy atom. The van der Waals surface area contributed by atoms with Gasteiger partial charge in [0.15, 0.2) is 0 Å². The van der Waals surface area contributed by atoms with Crippen LogP contribution in [0.5, 0.6) is 0 Å². The number of nitrogens with zero attached hydrogens (tertiary/aromatic N) is 2. The zero-order chi connectivity index (χ0) is 20.7. The third-order valence-corrected chi connectivity index (χ3v) is 5.19. The number of hydrogen-bond donors (Lipinski definition) is 1. The van der Waals surface area contributed by atoms with Gasteiger partial charge in [-0.05, 0) is 49.9 Å². The SMILES string of the molecule is CCCCCN(CCC)c1ccc(N(C(C)=O)C2CCC(=O)NC2=O)c(C)c1. The summed E-state index contributed by atoms with van der Waals surface area (Å²) < 4.78 is 0. The summed E-state index contributed by atoms with van der Waals surface area (Å²) >= 11 is 0. The number of rotatable bonds is 9. The highest BCUT2D eigenvalue weighted by molar-refractivity contribution is 6.06. The van der Waals surface area contributed by atoms with Gasteiger partial charge in [0.25, 0.3) is 0 Å². The molecule has 1 fully saturated rings. The number of carbonyl (C=O) groups is 3. The van der Waals surface area contributed by atoms with Gasteiger partial charge in [0.05, 0.1) is 0 Å². The molecule has 3 amide bonds. The van der Waals surface area contributed by atoms with Crippen molar-refractivity contribution >= 4 is 29.1 Å². The van der Waals surface area contributed by atoms with E-state index in [4.69, 9.17) is 0 Å². The van der Waals surface area contributed by atoms with Crippen LogP contribution in [0, 0.1) is 6.92 Å². The molecule has 28 heavy (non-hydrogen) atoms. The predicted octanol–water partition coefficient (Wildman–Crippen LogP) is 3.56. The van der Waals surface area contributed by atoms with Crippen LogP contribution >= 0.6 is 0 Å². The maximum atomic E-state index is 12.4. The van der Waals surface area contributed by atoms with Crippen LogP contribution in [0.4, 0.5) is 11.4 Å². The summed E-state index contributed by atoms with van der Waals surface area (Å²) in [5, 5.41) is 2.35. The number of unbranched alkanes of at least 4 members (excludes halogenated alkanes) is 2. The first kappa shape index (κ1) is 21.9. The maximum absolute atomic E-state index is 12.4. The molecule has 1 heterocycles. The monoisotopic (exact) mass is 387 g/mol. The Bertz CT molecular complexity index is 717. The van der Waals surface area contributed by atoms with Crippen LogP contribution in [0.2, 0.25) is 0 Å². The zero-order valence-electron chi connectivity index (χ0n) is 17.6. The normalized spacial score (nSPS) is 16.6. The first-order valence-electron chi connectivity index (χ1n) is 10.4. The molecule has 1 unspecified atom stereocenters. The summed E-state index contributed by atoms with van der Waals surface area (Å²) in [4.78, 5) is 40.1. The minimum atomic E-state index is -0.643. The molecule has 154 valence electrons. The van der Waals surface area contributed by atoms with Gasteiger partial charge in [-0.25, -0.2) is 0 Å². The summed E-state index contributed by atoms with van der Waals surface area (Å²) in [6.45, 7) is 9.82. The van der Waals surface area contributed by atoms with Crippen LogP contribution in [0.15, 0.2) is 18.2 Å². The molecule has 2 rings (SSSR count). The number of imide groups is 1. The number of carbonyl (C=O) groups excluding carboxylic acids is 3. The number of anilines is 2. The number of hydrogen-bond acceptors (Lipinski definition) is 4. The Labute approximate surface area is 168 Å². The molecule has 0 radical (unpaired) electrons. The number of piperidine rings is 1. The van der Waals surface area contributed by atoms with E-state index in [1.54, 1.807) is 0 Å². The van der Waals surface area contributed by atoms with Crippen molar-refractivity contribution in [3.63, 3.8) is 0 Å². The molecule has 0 aliphatic carbocycles. The van der Waals surface area contributed by atoms with Crippen molar-refractivity contribution in [2.75, 3.05) is 22.9 Å². The maximum Gasteiger partial charge on any atom is 0.249 e. The Hall–Kier alpha value is -2.37. The smallest absolute Gasteiger partial charge is 0.249 e. The average molecular weight is 388 g/mol. The Morgan fingerprint density at radius 1 is 1.14 bits per heavy atom. The summed E-state index contributed by atoms with van der Waals surface area (Å²) in [5.41, 5.74) is 2.83. The molecule has 0 aromatic heterocycles. The van der Waals surface area contributed by atoms with Gasteiger partial charge in [0.1, 0.15) is 6.04 Å². The van der Waals surface area contributed by atoms with E-state index < -0.39 is 11.9 Å². The lowest BCUT2D eigenvalue weighted by Crippen LogP contribution is -2.54. The van der Waals surface area contributed by atoms with Crippen molar-refractivity contribution in [1.82, 2.24) is 5.32 Å². The van der Waals surface area contributed by atoms with Crippen LogP contribution in [-0.4, -0.2) is 36.9 Å². The summed E-state index contributed by atoms with van der Waals surface area (Å²) in [7, 11) is 0. The minimum Gasteiger partial charge on any atom is -0.372 e. The fourth-order valence-corrected chi connectivity index (χ4v) is 3.78. The first-order valence-corrected chi connectivity index (χ1v) is 10.4. The van der Waals surface area contributed by atoms with E-state index in [2.05, 4.69) is 30.1 Å². The van der Waals surface area contributed by atoms with E-state index in [0.717, 1.165) is 42.9 Å². The third-order valence-electron chi connectivity index (χ3n) is 5.19. The molecule has 1 N–H and O–H groups in total. The Kier molecular flexibility index (Phi) is 8.03. The van der Waals surface area contributed by atoms with Crippen molar-refractivity contribution in [3.05, 3.63) is 23.8 Å². The molecule has 1 aliphatic heterocycles. The van der Waals surface area contributed by atoms with Gasteiger partial charge in [0.2, 0.25) is 17.7 Å². The van der Waals surface area contributed by atoms with E-state index in [-0.39, 0.29) is 18.2 Å². The molecule has 1 atom stereocenters. The lowest BCUT2D eigenvalue weighted by atomic mass is 10.0. The van der Waals surface area contributed by atoms with Crippen molar-refractivity contribution in [3.8, 4) is 0 Å². The predicted molar refractivity (Wildman–Crippen MR) is 113 cm³/mol. The largest absolute Gasteiger partial charge is 0.372 e. The van der Waals surface area contributed by atoms with E-state index in [1.165, 1.54) is 24.7 Å². The van der Waals surface area contributed by atoms with Crippen LogP contribution in [0.1, 0.15) is 64.9 Å². The summed E-state index contributed by atoms with van der Waals surface area (Å²) in [5.74, 6) is -0.875.